The molecule has 2 aromatic rings. The highest BCUT2D eigenvalue weighted by Crippen LogP contribution is 2.21. The van der Waals surface area contributed by atoms with Crippen LogP contribution in [0.1, 0.15) is 11.1 Å². The van der Waals surface area contributed by atoms with E-state index < -0.39 is 6.10 Å². The molecule has 1 fully saturated rings. The maximum absolute atomic E-state index is 10.3. The number of aryl methyl sites for hydroxylation is 2. The molecule has 0 unspecified atom stereocenters. The molecule has 1 aliphatic rings. The molecular weight excluding hydrogens is 340 g/mol. The number of methoxy groups -OCH3 is 1. The van der Waals surface area contributed by atoms with Crippen LogP contribution in [-0.4, -0.2) is 62.6 Å². The number of ether oxygens (including phenoxy) is 2. The van der Waals surface area contributed by atoms with Gasteiger partial charge in [-0.2, -0.15) is 0 Å². The van der Waals surface area contributed by atoms with Crippen molar-refractivity contribution in [3.05, 3.63) is 53.6 Å². The van der Waals surface area contributed by atoms with Crippen molar-refractivity contribution in [2.45, 2.75) is 20.0 Å². The summed E-state index contributed by atoms with van der Waals surface area (Å²) in [5.41, 5.74) is 3.57. The lowest BCUT2D eigenvalue weighted by Crippen LogP contribution is -2.49. The molecule has 0 bridgehead atoms. The third-order valence-electron chi connectivity index (χ3n) is 4.92. The molecule has 0 aromatic heterocycles. The number of hydrogen-bond acceptors (Lipinski definition) is 5. The van der Waals surface area contributed by atoms with Crippen LogP contribution < -0.4 is 14.4 Å². The van der Waals surface area contributed by atoms with Gasteiger partial charge in [-0.05, 0) is 61.4 Å². The van der Waals surface area contributed by atoms with Crippen molar-refractivity contribution >= 4 is 5.69 Å². The molecule has 1 heterocycles. The highest BCUT2D eigenvalue weighted by atomic mass is 16.5. The van der Waals surface area contributed by atoms with Crippen LogP contribution in [0.3, 0.4) is 0 Å². The number of nitrogens with zero attached hydrogens (tertiary/aromatic N) is 2. The fraction of sp³-hybridized carbons (Fsp3) is 0.455. The zero-order valence-electron chi connectivity index (χ0n) is 16.5. The molecule has 27 heavy (non-hydrogen) atoms. The predicted octanol–water partition coefficient (Wildman–Crippen LogP) is 2.87. The molecule has 3 rings (SSSR count). The number of piperazine rings is 1. The first-order valence-electron chi connectivity index (χ1n) is 9.54. The van der Waals surface area contributed by atoms with Gasteiger partial charge in [-0.15, -0.1) is 0 Å². The molecule has 5 nitrogen and oxygen atoms in total. The van der Waals surface area contributed by atoms with Gasteiger partial charge in [0, 0.05) is 38.4 Å². The highest BCUT2D eigenvalue weighted by Gasteiger charge is 2.20. The number of hydrogen-bond donors (Lipinski definition) is 1. The molecule has 0 amide bonds. The van der Waals surface area contributed by atoms with E-state index in [0.717, 1.165) is 37.7 Å². The Morgan fingerprint density at radius 2 is 1.56 bits per heavy atom. The quantitative estimate of drug-likeness (QED) is 0.812. The third kappa shape index (κ3) is 5.62. The topological polar surface area (TPSA) is 45.2 Å². The number of aliphatic hydroxyl groups is 1. The number of β-amino-alcohol motifs (C(OH)–C–C–N with tert-alkyl or cyclic N) is 1. The summed E-state index contributed by atoms with van der Waals surface area (Å²) < 4.78 is 11.0. The van der Waals surface area contributed by atoms with Crippen molar-refractivity contribution < 1.29 is 14.6 Å². The summed E-state index contributed by atoms with van der Waals surface area (Å²) in [4.78, 5) is 4.67. The van der Waals surface area contributed by atoms with Crippen LogP contribution >= 0.6 is 0 Å². The molecule has 0 spiro atoms. The number of anilines is 1. The molecule has 1 aliphatic heterocycles. The van der Waals surface area contributed by atoms with Gasteiger partial charge >= 0.3 is 0 Å². The van der Waals surface area contributed by atoms with E-state index in [2.05, 4.69) is 41.8 Å². The molecule has 1 atom stereocenters. The average molecular weight is 370 g/mol. The van der Waals surface area contributed by atoms with E-state index in [-0.39, 0.29) is 0 Å². The molecule has 0 radical (unpaired) electrons. The van der Waals surface area contributed by atoms with Crippen molar-refractivity contribution in [3.63, 3.8) is 0 Å². The van der Waals surface area contributed by atoms with Crippen LogP contribution in [-0.2, 0) is 0 Å². The molecule has 5 heteroatoms. The lowest BCUT2D eigenvalue weighted by Gasteiger charge is -2.36. The van der Waals surface area contributed by atoms with Crippen molar-refractivity contribution in [2.75, 3.05) is 51.3 Å². The smallest absolute Gasteiger partial charge is 0.119 e. The van der Waals surface area contributed by atoms with Crippen LogP contribution in [0.2, 0.25) is 0 Å². The Morgan fingerprint density at radius 3 is 2.15 bits per heavy atom. The first-order valence-corrected chi connectivity index (χ1v) is 9.54. The summed E-state index contributed by atoms with van der Waals surface area (Å²) in [5.74, 6) is 1.71. The third-order valence-corrected chi connectivity index (χ3v) is 4.92. The SMILES string of the molecule is COc1ccc(N2CCN(C[C@H](O)COc3cc(C)cc(C)c3)CC2)cc1. The Morgan fingerprint density at radius 1 is 0.926 bits per heavy atom. The van der Waals surface area contributed by atoms with Gasteiger partial charge in [-0.25, -0.2) is 0 Å². The molecule has 1 N–H and O–H groups in total. The minimum Gasteiger partial charge on any atom is -0.497 e. The van der Waals surface area contributed by atoms with E-state index >= 15 is 0 Å². The maximum Gasteiger partial charge on any atom is 0.119 e. The normalized spacial score (nSPS) is 16.2. The summed E-state index contributed by atoms with van der Waals surface area (Å²) in [5, 5.41) is 10.3. The van der Waals surface area contributed by atoms with Crippen LogP contribution in [0.5, 0.6) is 11.5 Å². The van der Waals surface area contributed by atoms with Gasteiger partial charge < -0.3 is 19.5 Å². The summed E-state index contributed by atoms with van der Waals surface area (Å²) in [6, 6.07) is 14.3. The van der Waals surface area contributed by atoms with Crippen molar-refractivity contribution in [1.29, 1.82) is 0 Å². The average Bonchev–Trinajstić information content (AvgIpc) is 2.66. The van der Waals surface area contributed by atoms with Gasteiger partial charge in [0.25, 0.3) is 0 Å². The van der Waals surface area contributed by atoms with Crippen molar-refractivity contribution in [3.8, 4) is 11.5 Å². The minimum absolute atomic E-state index is 0.321. The second kappa shape index (κ2) is 9.11. The maximum atomic E-state index is 10.3. The van der Waals surface area contributed by atoms with Crippen LogP contribution in [0.15, 0.2) is 42.5 Å². The Balaban J connectivity index is 1.42. The Labute approximate surface area is 162 Å². The zero-order chi connectivity index (χ0) is 19.2. The summed E-state index contributed by atoms with van der Waals surface area (Å²) >= 11 is 0. The number of rotatable bonds is 7. The van der Waals surface area contributed by atoms with Crippen molar-refractivity contribution in [2.24, 2.45) is 0 Å². The largest absolute Gasteiger partial charge is 0.497 e. The molecule has 0 aliphatic carbocycles. The minimum atomic E-state index is -0.488. The lowest BCUT2D eigenvalue weighted by molar-refractivity contribution is 0.0662. The van der Waals surface area contributed by atoms with Gasteiger partial charge in [-0.3, -0.25) is 4.90 Å². The van der Waals surface area contributed by atoms with E-state index in [4.69, 9.17) is 9.47 Å². The molecule has 146 valence electrons. The number of benzene rings is 2. The van der Waals surface area contributed by atoms with Crippen LogP contribution in [0, 0.1) is 13.8 Å². The van der Waals surface area contributed by atoms with Crippen molar-refractivity contribution in [1.82, 2.24) is 4.90 Å². The van der Waals surface area contributed by atoms with E-state index in [1.807, 2.05) is 24.3 Å². The molecule has 1 saturated heterocycles. The molecular formula is C22H30N2O3. The second-order valence-electron chi connectivity index (χ2n) is 7.27. The van der Waals surface area contributed by atoms with E-state index in [1.165, 1.54) is 16.8 Å². The first kappa shape index (κ1) is 19.5. The Hall–Kier alpha value is -2.24. The summed E-state index contributed by atoms with van der Waals surface area (Å²) in [6.45, 7) is 8.85. The Bertz CT molecular complexity index is 705. The first-order chi connectivity index (χ1) is 13.0. The Kier molecular flexibility index (Phi) is 6.58. The summed E-state index contributed by atoms with van der Waals surface area (Å²) in [7, 11) is 1.68. The predicted molar refractivity (Wildman–Crippen MR) is 109 cm³/mol. The number of aliphatic hydroxyl groups excluding tert-OH is 1. The fourth-order valence-electron chi connectivity index (χ4n) is 3.54. The van der Waals surface area contributed by atoms with E-state index in [9.17, 15) is 5.11 Å². The van der Waals surface area contributed by atoms with Crippen LogP contribution in [0.4, 0.5) is 5.69 Å². The van der Waals surface area contributed by atoms with E-state index in [1.54, 1.807) is 7.11 Å². The second-order valence-corrected chi connectivity index (χ2v) is 7.27. The highest BCUT2D eigenvalue weighted by molar-refractivity contribution is 5.49. The van der Waals surface area contributed by atoms with Gasteiger partial charge in [0.15, 0.2) is 0 Å². The molecule has 0 saturated carbocycles. The van der Waals surface area contributed by atoms with Gasteiger partial charge in [0.05, 0.1) is 7.11 Å². The van der Waals surface area contributed by atoms with Crippen LogP contribution in [0.25, 0.3) is 0 Å². The standard InChI is InChI=1S/C22H30N2O3/c1-17-12-18(2)14-22(13-17)27-16-20(25)15-23-8-10-24(11-9-23)19-4-6-21(26-3)7-5-19/h4-7,12-14,20,25H,8-11,15-16H2,1-3H3/t20-/m0/s1. The summed E-state index contributed by atoms with van der Waals surface area (Å²) in [6.07, 6.45) is -0.488. The van der Waals surface area contributed by atoms with Gasteiger partial charge in [0.1, 0.15) is 24.2 Å². The zero-order valence-corrected chi connectivity index (χ0v) is 16.5. The molecule has 2 aromatic carbocycles. The fourth-order valence-corrected chi connectivity index (χ4v) is 3.54. The van der Waals surface area contributed by atoms with E-state index in [0.29, 0.717) is 13.2 Å². The van der Waals surface area contributed by atoms with Gasteiger partial charge in [-0.1, -0.05) is 6.07 Å². The lowest BCUT2D eigenvalue weighted by atomic mass is 10.1. The monoisotopic (exact) mass is 370 g/mol. The van der Waals surface area contributed by atoms with Gasteiger partial charge in [0.2, 0.25) is 0 Å².